The molecule has 0 saturated carbocycles. The summed E-state index contributed by atoms with van der Waals surface area (Å²) in [6.07, 6.45) is 0. The Morgan fingerprint density at radius 1 is 0.500 bits per heavy atom. The van der Waals surface area contributed by atoms with Gasteiger partial charge in [0.25, 0.3) is 0 Å². The first-order valence-corrected chi connectivity index (χ1v) is 16.8. The van der Waals surface area contributed by atoms with Crippen LogP contribution in [-0.4, -0.2) is 57.5 Å². The molecule has 0 heterocycles. The molecule has 1 aliphatic rings. The minimum Gasteiger partial charge on any atom is -0.490 e. The Morgan fingerprint density at radius 3 is 1.40 bits per heavy atom. The molecule has 0 amide bonds. The highest BCUT2D eigenvalue weighted by Gasteiger charge is 2.46. The minimum absolute atomic E-state index is 0.00372. The lowest BCUT2D eigenvalue weighted by Gasteiger charge is -2.34. The zero-order chi connectivity index (χ0) is 37.3. The predicted molar refractivity (Wildman–Crippen MR) is 198 cm³/mol. The van der Waals surface area contributed by atoms with Gasteiger partial charge in [0.15, 0.2) is 11.5 Å². The third kappa shape index (κ3) is 8.10. The van der Waals surface area contributed by atoms with Gasteiger partial charge in [-0.05, 0) is 78.4 Å². The summed E-state index contributed by atoms with van der Waals surface area (Å²) in [6.45, 7) is 16.0. The quantitative estimate of drug-likeness (QED) is 0.0420. The molecule has 268 valence electrons. The first-order valence-electron chi connectivity index (χ1n) is 16.8. The van der Waals surface area contributed by atoms with Crippen LogP contribution in [0.15, 0.2) is 127 Å². The van der Waals surface area contributed by atoms with Crippen LogP contribution in [0, 0.1) is 0 Å². The number of carbonyl (C=O) groups excluding carboxylic acids is 3. The second kappa shape index (κ2) is 16.7. The first kappa shape index (κ1) is 37.2. The van der Waals surface area contributed by atoms with Gasteiger partial charge in [-0.3, -0.25) is 0 Å². The molecule has 5 rings (SSSR count). The zero-order valence-corrected chi connectivity index (χ0v) is 29.7. The van der Waals surface area contributed by atoms with Gasteiger partial charge in [-0.2, -0.15) is 0 Å². The summed E-state index contributed by atoms with van der Waals surface area (Å²) in [5.41, 5.74) is 6.39. The highest BCUT2D eigenvalue weighted by molar-refractivity contribution is 5.88. The van der Waals surface area contributed by atoms with Gasteiger partial charge in [-0.1, -0.05) is 86.5 Å². The van der Waals surface area contributed by atoms with Crippen molar-refractivity contribution in [3.63, 3.8) is 0 Å². The molecule has 0 spiro atoms. The van der Waals surface area contributed by atoms with Crippen LogP contribution in [0.2, 0.25) is 0 Å². The highest BCUT2D eigenvalue weighted by atomic mass is 16.6. The lowest BCUT2D eigenvalue weighted by molar-refractivity contribution is -0.140. The van der Waals surface area contributed by atoms with Crippen LogP contribution in [0.1, 0.15) is 43.0 Å². The van der Waals surface area contributed by atoms with Crippen molar-refractivity contribution >= 4 is 17.9 Å². The van der Waals surface area contributed by atoms with E-state index in [2.05, 4.69) is 44.0 Å². The van der Waals surface area contributed by atoms with E-state index < -0.39 is 23.3 Å². The van der Waals surface area contributed by atoms with Crippen LogP contribution in [0.4, 0.5) is 0 Å². The maximum absolute atomic E-state index is 12.0. The van der Waals surface area contributed by atoms with Crippen LogP contribution in [0.5, 0.6) is 17.2 Å². The smallest absolute Gasteiger partial charge is 0.333 e. The Balaban J connectivity index is 1.53. The van der Waals surface area contributed by atoms with Gasteiger partial charge in [-0.15, -0.1) is 0 Å². The molecule has 4 aromatic rings. The molecule has 0 saturated heterocycles. The molecule has 4 aromatic carbocycles. The zero-order valence-electron chi connectivity index (χ0n) is 29.7. The van der Waals surface area contributed by atoms with Crippen LogP contribution in [-0.2, 0) is 34.0 Å². The van der Waals surface area contributed by atoms with Crippen LogP contribution in [0.3, 0.4) is 0 Å². The van der Waals surface area contributed by atoms with Crippen molar-refractivity contribution in [3.8, 4) is 28.4 Å². The monoisotopic (exact) mass is 702 g/mol. The molecular weight excluding hydrogens is 660 g/mol. The van der Waals surface area contributed by atoms with E-state index in [4.69, 9.17) is 28.4 Å². The Kier molecular flexibility index (Phi) is 12.0. The Hall–Kier alpha value is -6.09. The van der Waals surface area contributed by atoms with E-state index in [1.165, 1.54) is 0 Å². The summed E-state index contributed by atoms with van der Waals surface area (Å²) in [4.78, 5) is 35.7. The molecule has 9 heteroatoms. The minimum atomic E-state index is -0.775. The molecular formula is C43H42O9. The molecule has 0 atom stereocenters. The Morgan fingerprint density at radius 2 is 0.923 bits per heavy atom. The van der Waals surface area contributed by atoms with Crippen LogP contribution < -0.4 is 14.2 Å². The standard InChI is InChI=1S/C43H42O9/c1-28(2)40(44)50-24-21-47-33-18-15-31(16-19-33)43(36-13-9-7-11-34(36)35-12-8-10-14-37(35)43)32-17-20-38(48-22-25-51-41(45)29(3)4)39(27-32)49-23-26-52-42(46)30(5)6/h7-20,27H,1,3,5,21-26H2,2,4,6H3. The number of esters is 3. The number of ether oxygens (including phenoxy) is 6. The molecule has 0 bridgehead atoms. The van der Waals surface area contributed by atoms with E-state index in [1.54, 1.807) is 20.8 Å². The van der Waals surface area contributed by atoms with Gasteiger partial charge in [-0.25, -0.2) is 14.4 Å². The molecule has 1 aliphatic carbocycles. The Labute approximate surface area is 304 Å². The SMILES string of the molecule is C=C(C)C(=O)OCCOc1ccc(C2(c3ccc(OCCOC(=O)C(=C)C)c(OCCOC(=O)C(=C)C)c3)c3ccccc3-c3ccccc32)cc1. The van der Waals surface area contributed by atoms with Crippen molar-refractivity contribution in [3.05, 3.63) is 150 Å². The topological polar surface area (TPSA) is 107 Å². The number of benzene rings is 4. The number of hydrogen-bond acceptors (Lipinski definition) is 9. The molecule has 0 aromatic heterocycles. The number of carbonyl (C=O) groups is 3. The maximum atomic E-state index is 12.0. The fourth-order valence-corrected chi connectivity index (χ4v) is 6.03. The van der Waals surface area contributed by atoms with Crippen molar-refractivity contribution in [1.29, 1.82) is 0 Å². The van der Waals surface area contributed by atoms with Gasteiger partial charge < -0.3 is 28.4 Å². The second-order valence-electron chi connectivity index (χ2n) is 12.3. The maximum Gasteiger partial charge on any atom is 0.333 e. The van der Waals surface area contributed by atoms with Crippen molar-refractivity contribution < 1.29 is 42.8 Å². The molecule has 52 heavy (non-hydrogen) atoms. The van der Waals surface area contributed by atoms with Crippen LogP contribution in [0.25, 0.3) is 11.1 Å². The lowest BCUT2D eigenvalue weighted by Crippen LogP contribution is -2.28. The fraction of sp³-hybridized carbons (Fsp3) is 0.233. The average molecular weight is 703 g/mol. The predicted octanol–water partition coefficient (Wildman–Crippen LogP) is 7.54. The van der Waals surface area contributed by atoms with E-state index in [1.807, 2.05) is 66.7 Å². The molecule has 0 unspecified atom stereocenters. The van der Waals surface area contributed by atoms with Gasteiger partial charge in [0.2, 0.25) is 0 Å². The van der Waals surface area contributed by atoms with E-state index in [0.717, 1.165) is 33.4 Å². The fourth-order valence-electron chi connectivity index (χ4n) is 6.03. The molecule has 0 aliphatic heterocycles. The van der Waals surface area contributed by atoms with E-state index in [0.29, 0.717) is 34.0 Å². The summed E-state index contributed by atoms with van der Waals surface area (Å²) < 4.78 is 33.9. The molecule has 9 nitrogen and oxygen atoms in total. The van der Waals surface area contributed by atoms with Gasteiger partial charge in [0, 0.05) is 16.7 Å². The third-order valence-corrected chi connectivity index (χ3v) is 8.40. The second-order valence-corrected chi connectivity index (χ2v) is 12.3. The van der Waals surface area contributed by atoms with Crippen molar-refractivity contribution in [2.45, 2.75) is 26.2 Å². The average Bonchev–Trinajstić information content (AvgIpc) is 3.45. The largest absolute Gasteiger partial charge is 0.490 e. The molecule has 0 fully saturated rings. The first-order chi connectivity index (χ1) is 25.0. The van der Waals surface area contributed by atoms with E-state index >= 15 is 0 Å². The van der Waals surface area contributed by atoms with E-state index in [9.17, 15) is 14.4 Å². The number of rotatable bonds is 17. The normalized spacial score (nSPS) is 12.1. The summed E-state index contributed by atoms with van der Waals surface area (Å²) >= 11 is 0. The summed E-state index contributed by atoms with van der Waals surface area (Å²) in [5, 5.41) is 0. The summed E-state index contributed by atoms with van der Waals surface area (Å²) in [7, 11) is 0. The Bertz CT molecular complexity index is 1940. The summed E-state index contributed by atoms with van der Waals surface area (Å²) in [6, 6.07) is 30.3. The summed E-state index contributed by atoms with van der Waals surface area (Å²) in [5.74, 6) is -0.00944. The number of hydrogen-bond donors (Lipinski definition) is 0. The number of fused-ring (bicyclic) bond motifs is 3. The van der Waals surface area contributed by atoms with Gasteiger partial charge in [0.1, 0.15) is 45.4 Å². The van der Waals surface area contributed by atoms with Gasteiger partial charge in [0.05, 0.1) is 5.41 Å². The van der Waals surface area contributed by atoms with Gasteiger partial charge >= 0.3 is 17.9 Å². The molecule has 0 N–H and O–H groups in total. The van der Waals surface area contributed by atoms with Crippen molar-refractivity contribution in [2.24, 2.45) is 0 Å². The third-order valence-electron chi connectivity index (χ3n) is 8.40. The van der Waals surface area contributed by atoms with Crippen LogP contribution >= 0.6 is 0 Å². The van der Waals surface area contributed by atoms with Crippen molar-refractivity contribution in [1.82, 2.24) is 0 Å². The van der Waals surface area contributed by atoms with Crippen molar-refractivity contribution in [2.75, 3.05) is 39.6 Å². The molecule has 0 radical (unpaired) electrons. The lowest BCUT2D eigenvalue weighted by atomic mass is 9.67. The van der Waals surface area contributed by atoms with E-state index in [-0.39, 0.29) is 39.6 Å². The highest BCUT2D eigenvalue weighted by Crippen LogP contribution is 2.56.